The van der Waals surface area contributed by atoms with E-state index in [0.29, 0.717) is 0 Å². The van der Waals surface area contributed by atoms with E-state index >= 15 is 0 Å². The van der Waals surface area contributed by atoms with E-state index in [2.05, 4.69) is 25.9 Å². The summed E-state index contributed by atoms with van der Waals surface area (Å²) in [5, 5.41) is 4.56. The van der Waals surface area contributed by atoms with Gasteiger partial charge in [-0.25, -0.2) is 4.68 Å². The van der Waals surface area contributed by atoms with Crippen LogP contribution in [0.25, 0.3) is 5.69 Å². The van der Waals surface area contributed by atoms with Crippen LogP contribution >= 0.6 is 15.9 Å². The Hall–Kier alpha value is -1.66. The van der Waals surface area contributed by atoms with Crippen LogP contribution < -0.4 is 0 Å². The zero-order chi connectivity index (χ0) is 19.0. The molecule has 2 aromatic rings. The van der Waals surface area contributed by atoms with Crippen LogP contribution in [0.15, 0.2) is 28.7 Å². The molecule has 27 heavy (non-hydrogen) atoms. The molecule has 1 aromatic heterocycles. The van der Waals surface area contributed by atoms with Crippen molar-refractivity contribution in [2.75, 3.05) is 26.2 Å². The van der Waals surface area contributed by atoms with Crippen LogP contribution in [-0.2, 0) is 0 Å². The predicted octanol–water partition coefficient (Wildman–Crippen LogP) is 3.95. The zero-order valence-corrected chi connectivity index (χ0v) is 17.7. The van der Waals surface area contributed by atoms with Crippen molar-refractivity contribution in [2.45, 2.75) is 45.6 Å². The van der Waals surface area contributed by atoms with E-state index in [-0.39, 0.29) is 5.91 Å². The number of benzene rings is 1. The van der Waals surface area contributed by atoms with Gasteiger partial charge in [-0.2, -0.15) is 5.10 Å². The van der Waals surface area contributed by atoms with Crippen LogP contribution in [0.5, 0.6) is 0 Å². The van der Waals surface area contributed by atoms with E-state index in [0.717, 1.165) is 59.3 Å². The molecule has 1 amide bonds. The third-order valence-electron chi connectivity index (χ3n) is 6.00. The number of hydrogen-bond acceptors (Lipinski definition) is 3. The number of nitrogens with zero attached hydrogens (tertiary/aromatic N) is 4. The molecular formula is C21H27BrN4O. The summed E-state index contributed by atoms with van der Waals surface area (Å²) in [5.41, 5.74) is 3.76. The molecule has 0 unspecified atom stereocenters. The molecule has 144 valence electrons. The maximum absolute atomic E-state index is 12.9. The van der Waals surface area contributed by atoms with Crippen molar-refractivity contribution in [3.8, 4) is 5.69 Å². The van der Waals surface area contributed by atoms with Crippen LogP contribution in [0.2, 0.25) is 0 Å². The smallest absolute Gasteiger partial charge is 0.253 e. The lowest BCUT2D eigenvalue weighted by atomic mass is 10.1. The molecule has 2 fully saturated rings. The van der Waals surface area contributed by atoms with Gasteiger partial charge in [0.25, 0.3) is 5.91 Å². The molecule has 0 bridgehead atoms. The number of amides is 1. The fourth-order valence-electron chi connectivity index (χ4n) is 4.36. The summed E-state index contributed by atoms with van der Waals surface area (Å²) >= 11 is 3.57. The lowest BCUT2D eigenvalue weighted by Gasteiger charge is -2.38. The third-order valence-corrected chi connectivity index (χ3v) is 7.15. The summed E-state index contributed by atoms with van der Waals surface area (Å²) < 4.78 is 2.94. The SMILES string of the molecule is Cc1nn(-c2ccc(C(=O)N3CCN(C4CCCC4)CC3)cc2)c(C)c1Br. The Bertz CT molecular complexity index is 815. The molecule has 1 saturated heterocycles. The lowest BCUT2D eigenvalue weighted by molar-refractivity contribution is 0.0573. The van der Waals surface area contributed by atoms with Crippen LogP contribution in [-0.4, -0.2) is 57.7 Å². The Balaban J connectivity index is 1.41. The Morgan fingerprint density at radius 2 is 1.67 bits per heavy atom. The van der Waals surface area contributed by atoms with Gasteiger partial charge in [-0.05, 0) is 66.9 Å². The first-order valence-corrected chi connectivity index (χ1v) is 10.7. The fraction of sp³-hybridized carbons (Fsp3) is 0.524. The van der Waals surface area contributed by atoms with Crippen molar-refractivity contribution in [1.29, 1.82) is 0 Å². The topological polar surface area (TPSA) is 41.4 Å². The Kier molecular flexibility index (Phi) is 5.37. The number of carbonyl (C=O) groups is 1. The van der Waals surface area contributed by atoms with Gasteiger partial charge < -0.3 is 4.90 Å². The van der Waals surface area contributed by atoms with Crippen molar-refractivity contribution < 1.29 is 4.79 Å². The number of halogens is 1. The van der Waals surface area contributed by atoms with E-state index in [1.807, 2.05) is 47.7 Å². The van der Waals surface area contributed by atoms with Crippen molar-refractivity contribution in [3.05, 3.63) is 45.7 Å². The van der Waals surface area contributed by atoms with Gasteiger partial charge in [0.1, 0.15) is 0 Å². The molecule has 1 saturated carbocycles. The summed E-state index contributed by atoms with van der Waals surface area (Å²) in [5.74, 6) is 0.141. The fourth-order valence-corrected chi connectivity index (χ4v) is 4.61. The standard InChI is InChI=1S/C21H27BrN4O/c1-15-20(22)16(2)26(23-15)19-9-7-17(8-10-19)21(27)25-13-11-24(12-14-25)18-5-3-4-6-18/h7-10,18H,3-6,11-14H2,1-2H3. The monoisotopic (exact) mass is 430 g/mol. The summed E-state index contributed by atoms with van der Waals surface area (Å²) in [6, 6.07) is 8.56. The molecule has 0 N–H and O–H groups in total. The molecule has 0 atom stereocenters. The van der Waals surface area contributed by atoms with Gasteiger partial charge >= 0.3 is 0 Å². The van der Waals surface area contributed by atoms with Crippen molar-refractivity contribution in [3.63, 3.8) is 0 Å². The van der Waals surface area contributed by atoms with Gasteiger partial charge in [0.05, 0.1) is 21.5 Å². The Morgan fingerprint density at radius 1 is 1.04 bits per heavy atom. The summed E-state index contributed by atoms with van der Waals surface area (Å²) in [7, 11) is 0. The molecule has 2 aliphatic rings. The van der Waals surface area contributed by atoms with Gasteiger partial charge in [-0.3, -0.25) is 9.69 Å². The van der Waals surface area contributed by atoms with E-state index < -0.39 is 0 Å². The van der Waals surface area contributed by atoms with Crippen molar-refractivity contribution in [2.24, 2.45) is 0 Å². The quantitative estimate of drug-likeness (QED) is 0.739. The van der Waals surface area contributed by atoms with E-state index in [4.69, 9.17) is 0 Å². The molecule has 5 nitrogen and oxygen atoms in total. The Labute approximate surface area is 169 Å². The zero-order valence-electron chi connectivity index (χ0n) is 16.1. The average Bonchev–Trinajstić information content (AvgIpc) is 3.33. The number of hydrogen-bond donors (Lipinski definition) is 0. The minimum absolute atomic E-state index is 0.141. The molecule has 1 aliphatic heterocycles. The molecule has 2 heterocycles. The normalized spacial score (nSPS) is 19.0. The highest BCUT2D eigenvalue weighted by atomic mass is 79.9. The average molecular weight is 431 g/mol. The van der Waals surface area contributed by atoms with Gasteiger partial charge in [-0.15, -0.1) is 0 Å². The van der Waals surface area contributed by atoms with Crippen LogP contribution in [0, 0.1) is 13.8 Å². The highest BCUT2D eigenvalue weighted by Crippen LogP contribution is 2.25. The molecule has 1 aliphatic carbocycles. The first-order chi connectivity index (χ1) is 13.0. The first kappa shape index (κ1) is 18.7. The second-order valence-corrected chi connectivity index (χ2v) is 8.50. The molecule has 1 aromatic carbocycles. The number of carbonyl (C=O) groups excluding carboxylic acids is 1. The Morgan fingerprint density at radius 3 is 2.22 bits per heavy atom. The van der Waals surface area contributed by atoms with Crippen LogP contribution in [0.4, 0.5) is 0 Å². The van der Waals surface area contributed by atoms with Gasteiger partial charge in [0, 0.05) is 37.8 Å². The highest BCUT2D eigenvalue weighted by Gasteiger charge is 2.28. The summed E-state index contributed by atoms with van der Waals surface area (Å²) in [6.07, 6.45) is 5.39. The maximum Gasteiger partial charge on any atom is 0.253 e. The summed E-state index contributed by atoms with van der Waals surface area (Å²) in [6.45, 7) is 7.70. The molecule has 0 spiro atoms. The van der Waals surface area contributed by atoms with E-state index in [1.165, 1.54) is 25.7 Å². The number of aryl methyl sites for hydroxylation is 1. The highest BCUT2D eigenvalue weighted by molar-refractivity contribution is 9.10. The number of piperazine rings is 1. The molecular weight excluding hydrogens is 404 g/mol. The first-order valence-electron chi connectivity index (χ1n) is 9.90. The minimum Gasteiger partial charge on any atom is -0.336 e. The van der Waals surface area contributed by atoms with Crippen LogP contribution in [0.1, 0.15) is 47.4 Å². The molecule has 0 radical (unpaired) electrons. The maximum atomic E-state index is 12.9. The lowest BCUT2D eigenvalue weighted by Crippen LogP contribution is -2.51. The van der Waals surface area contributed by atoms with E-state index in [1.54, 1.807) is 0 Å². The third kappa shape index (κ3) is 3.69. The van der Waals surface area contributed by atoms with Crippen molar-refractivity contribution >= 4 is 21.8 Å². The van der Waals surface area contributed by atoms with Crippen LogP contribution in [0.3, 0.4) is 0 Å². The second kappa shape index (κ2) is 7.76. The summed E-state index contributed by atoms with van der Waals surface area (Å²) in [4.78, 5) is 17.5. The van der Waals surface area contributed by atoms with Gasteiger partial charge in [-0.1, -0.05) is 12.8 Å². The van der Waals surface area contributed by atoms with Gasteiger partial charge in [0.15, 0.2) is 0 Å². The van der Waals surface area contributed by atoms with E-state index in [9.17, 15) is 4.79 Å². The van der Waals surface area contributed by atoms with Crippen molar-refractivity contribution in [1.82, 2.24) is 19.6 Å². The molecule has 4 rings (SSSR count). The number of rotatable bonds is 3. The van der Waals surface area contributed by atoms with Gasteiger partial charge in [0.2, 0.25) is 0 Å². The number of aromatic nitrogens is 2. The largest absolute Gasteiger partial charge is 0.336 e. The predicted molar refractivity (Wildman–Crippen MR) is 110 cm³/mol. The second-order valence-electron chi connectivity index (χ2n) is 7.71. The molecule has 6 heteroatoms. The minimum atomic E-state index is 0.141.